The monoisotopic (exact) mass is 252 g/mol. The third kappa shape index (κ3) is 4.00. The number of ether oxygens (including phenoxy) is 1. The molecular weight excluding hydrogens is 228 g/mol. The zero-order valence-electron chi connectivity index (χ0n) is 11.7. The zero-order valence-corrected chi connectivity index (χ0v) is 11.7. The summed E-state index contributed by atoms with van der Waals surface area (Å²) in [6, 6.07) is 6.14. The molecule has 1 aromatic rings. The molecule has 0 aliphatic heterocycles. The van der Waals surface area contributed by atoms with Gasteiger partial charge in [0.15, 0.2) is 0 Å². The van der Waals surface area contributed by atoms with Gasteiger partial charge in [-0.1, -0.05) is 39.8 Å². The largest absolute Gasteiger partial charge is 0.490 e. The molecule has 18 heavy (non-hydrogen) atoms. The van der Waals surface area contributed by atoms with Crippen LogP contribution in [0.5, 0.6) is 5.75 Å². The van der Waals surface area contributed by atoms with E-state index in [1.807, 2.05) is 12.1 Å². The molecular formula is C15H24O3. The summed E-state index contributed by atoms with van der Waals surface area (Å²) in [6.07, 6.45) is 0.159. The lowest BCUT2D eigenvalue weighted by atomic mass is 9.85. The maximum Gasteiger partial charge on any atom is 0.123 e. The van der Waals surface area contributed by atoms with Gasteiger partial charge in [0.1, 0.15) is 18.5 Å². The molecule has 0 saturated heterocycles. The van der Waals surface area contributed by atoms with Crippen molar-refractivity contribution in [3.8, 4) is 5.75 Å². The minimum atomic E-state index is -0.830. The van der Waals surface area contributed by atoms with Crippen LogP contribution in [0.4, 0.5) is 0 Å². The van der Waals surface area contributed by atoms with E-state index in [0.29, 0.717) is 0 Å². The first-order valence-electron chi connectivity index (χ1n) is 6.43. The molecule has 0 saturated carbocycles. The number of hydrogen-bond acceptors (Lipinski definition) is 3. The molecule has 0 heterocycles. The standard InChI is InChI=1S/C15H24O3/c1-5-11-6-7-14(18-10-12(17)9-16)13(8-11)15(2,3)4/h6-8,12,16-17H,5,9-10H2,1-4H3. The third-order valence-electron chi connectivity index (χ3n) is 2.90. The van der Waals surface area contributed by atoms with Gasteiger partial charge in [0.2, 0.25) is 0 Å². The van der Waals surface area contributed by atoms with Crippen LogP contribution in [0.15, 0.2) is 18.2 Å². The Kier molecular flexibility index (Phi) is 5.17. The maximum absolute atomic E-state index is 9.34. The first-order chi connectivity index (χ1) is 8.38. The van der Waals surface area contributed by atoms with Crippen molar-refractivity contribution in [2.75, 3.05) is 13.2 Å². The lowest BCUT2D eigenvalue weighted by Crippen LogP contribution is -2.23. The minimum absolute atomic E-state index is 0.00925. The normalized spacial score (nSPS) is 13.4. The first-order valence-corrected chi connectivity index (χ1v) is 6.43. The van der Waals surface area contributed by atoms with E-state index in [9.17, 15) is 5.11 Å². The van der Waals surface area contributed by atoms with Gasteiger partial charge >= 0.3 is 0 Å². The van der Waals surface area contributed by atoms with Crippen LogP contribution in [0.1, 0.15) is 38.8 Å². The number of rotatable bonds is 5. The number of aliphatic hydroxyl groups is 2. The Labute approximate surface area is 109 Å². The van der Waals surface area contributed by atoms with E-state index >= 15 is 0 Å². The Morgan fingerprint density at radius 3 is 2.44 bits per heavy atom. The fourth-order valence-corrected chi connectivity index (χ4v) is 1.75. The Balaban J connectivity index is 2.96. The van der Waals surface area contributed by atoms with E-state index in [1.54, 1.807) is 0 Å². The molecule has 0 fully saturated rings. The molecule has 0 aromatic heterocycles. The predicted molar refractivity (Wildman–Crippen MR) is 73.1 cm³/mol. The summed E-state index contributed by atoms with van der Waals surface area (Å²) < 4.78 is 5.61. The highest BCUT2D eigenvalue weighted by Crippen LogP contribution is 2.32. The smallest absolute Gasteiger partial charge is 0.123 e. The maximum atomic E-state index is 9.34. The van der Waals surface area contributed by atoms with Crippen LogP contribution < -0.4 is 4.74 Å². The van der Waals surface area contributed by atoms with Gasteiger partial charge in [0.05, 0.1) is 6.61 Å². The van der Waals surface area contributed by atoms with Crippen molar-refractivity contribution in [1.29, 1.82) is 0 Å². The molecule has 0 aliphatic carbocycles. The Morgan fingerprint density at radius 1 is 1.28 bits per heavy atom. The summed E-state index contributed by atoms with van der Waals surface area (Å²) in [7, 11) is 0. The molecule has 102 valence electrons. The van der Waals surface area contributed by atoms with Crippen LogP contribution in [-0.4, -0.2) is 29.5 Å². The van der Waals surface area contributed by atoms with Crippen LogP contribution in [0.2, 0.25) is 0 Å². The molecule has 0 aliphatic rings. The van der Waals surface area contributed by atoms with Crippen molar-refractivity contribution in [2.45, 2.75) is 45.6 Å². The van der Waals surface area contributed by atoms with E-state index in [-0.39, 0.29) is 18.6 Å². The Hall–Kier alpha value is -1.06. The van der Waals surface area contributed by atoms with E-state index in [1.165, 1.54) is 5.56 Å². The van der Waals surface area contributed by atoms with E-state index in [4.69, 9.17) is 9.84 Å². The van der Waals surface area contributed by atoms with Crippen LogP contribution in [0, 0.1) is 0 Å². The highest BCUT2D eigenvalue weighted by Gasteiger charge is 2.19. The Morgan fingerprint density at radius 2 is 1.94 bits per heavy atom. The fourth-order valence-electron chi connectivity index (χ4n) is 1.75. The van der Waals surface area contributed by atoms with Gasteiger partial charge in [-0.15, -0.1) is 0 Å². The summed E-state index contributed by atoms with van der Waals surface area (Å²) in [5.41, 5.74) is 2.40. The average molecular weight is 252 g/mol. The molecule has 1 aromatic carbocycles. The van der Waals surface area contributed by atoms with Crippen LogP contribution in [-0.2, 0) is 11.8 Å². The third-order valence-corrected chi connectivity index (χ3v) is 2.90. The van der Waals surface area contributed by atoms with Crippen molar-refractivity contribution in [3.05, 3.63) is 29.3 Å². The van der Waals surface area contributed by atoms with Crippen molar-refractivity contribution in [2.24, 2.45) is 0 Å². The fraction of sp³-hybridized carbons (Fsp3) is 0.600. The molecule has 1 rings (SSSR count). The molecule has 1 unspecified atom stereocenters. The van der Waals surface area contributed by atoms with Crippen LogP contribution in [0.3, 0.4) is 0 Å². The van der Waals surface area contributed by atoms with E-state index < -0.39 is 6.10 Å². The van der Waals surface area contributed by atoms with Crippen molar-refractivity contribution in [3.63, 3.8) is 0 Å². The molecule has 1 atom stereocenters. The second kappa shape index (κ2) is 6.21. The summed E-state index contributed by atoms with van der Waals surface area (Å²) in [5.74, 6) is 0.784. The summed E-state index contributed by atoms with van der Waals surface area (Å²) in [4.78, 5) is 0. The van der Waals surface area contributed by atoms with Gasteiger partial charge in [-0.3, -0.25) is 0 Å². The van der Waals surface area contributed by atoms with Crippen molar-refractivity contribution in [1.82, 2.24) is 0 Å². The summed E-state index contributed by atoms with van der Waals surface area (Å²) in [5, 5.41) is 18.1. The quantitative estimate of drug-likeness (QED) is 0.845. The van der Waals surface area contributed by atoms with Crippen molar-refractivity contribution < 1.29 is 14.9 Å². The molecule has 0 amide bonds. The van der Waals surface area contributed by atoms with Gasteiger partial charge in [-0.25, -0.2) is 0 Å². The predicted octanol–water partition coefficient (Wildman–Crippen LogP) is 2.28. The molecule has 0 spiro atoms. The highest BCUT2D eigenvalue weighted by molar-refractivity contribution is 5.41. The topological polar surface area (TPSA) is 49.7 Å². The average Bonchev–Trinajstić information content (AvgIpc) is 2.34. The summed E-state index contributed by atoms with van der Waals surface area (Å²) >= 11 is 0. The van der Waals surface area contributed by atoms with Crippen LogP contribution in [0.25, 0.3) is 0 Å². The lowest BCUT2D eigenvalue weighted by molar-refractivity contribution is 0.0530. The van der Waals surface area contributed by atoms with Gasteiger partial charge < -0.3 is 14.9 Å². The molecule has 2 N–H and O–H groups in total. The number of hydrogen-bond donors (Lipinski definition) is 2. The molecule has 3 nitrogen and oxygen atoms in total. The van der Waals surface area contributed by atoms with Gasteiger partial charge in [-0.2, -0.15) is 0 Å². The molecule has 0 bridgehead atoms. The SMILES string of the molecule is CCc1ccc(OCC(O)CO)c(C(C)(C)C)c1. The van der Waals surface area contributed by atoms with Crippen molar-refractivity contribution >= 4 is 0 Å². The van der Waals surface area contributed by atoms with Gasteiger partial charge in [-0.05, 0) is 29.0 Å². The van der Waals surface area contributed by atoms with Gasteiger partial charge in [0.25, 0.3) is 0 Å². The molecule has 0 radical (unpaired) electrons. The second-order valence-electron chi connectivity index (χ2n) is 5.58. The second-order valence-corrected chi connectivity index (χ2v) is 5.58. The number of benzene rings is 1. The van der Waals surface area contributed by atoms with E-state index in [2.05, 4.69) is 33.8 Å². The zero-order chi connectivity index (χ0) is 13.8. The Bertz CT molecular complexity index is 380. The number of aliphatic hydroxyl groups excluding tert-OH is 2. The summed E-state index contributed by atoms with van der Waals surface area (Å²) in [6.45, 7) is 8.37. The highest BCUT2D eigenvalue weighted by atomic mass is 16.5. The first kappa shape index (κ1) is 15.0. The lowest BCUT2D eigenvalue weighted by Gasteiger charge is -2.24. The number of aryl methyl sites for hydroxylation is 1. The van der Waals surface area contributed by atoms with E-state index in [0.717, 1.165) is 17.7 Å². The molecule has 3 heteroatoms. The van der Waals surface area contributed by atoms with Crippen LogP contribution >= 0.6 is 0 Å². The minimum Gasteiger partial charge on any atom is -0.490 e. The van der Waals surface area contributed by atoms with Gasteiger partial charge in [0, 0.05) is 0 Å².